The van der Waals surface area contributed by atoms with Gasteiger partial charge in [0.25, 0.3) is 0 Å². The fourth-order valence-electron chi connectivity index (χ4n) is 1.74. The van der Waals surface area contributed by atoms with Gasteiger partial charge in [-0.15, -0.1) is 11.3 Å². The maximum atomic E-state index is 6.16. The minimum Gasteiger partial charge on any atom is -0.360 e. The van der Waals surface area contributed by atoms with Crippen LogP contribution in [0.2, 0.25) is 5.02 Å². The first kappa shape index (κ1) is 16.0. The van der Waals surface area contributed by atoms with E-state index in [1.807, 2.05) is 6.20 Å². The summed E-state index contributed by atoms with van der Waals surface area (Å²) < 4.78 is 0. The lowest BCUT2D eigenvalue weighted by Crippen LogP contribution is -2.11. The van der Waals surface area contributed by atoms with Crippen molar-refractivity contribution < 1.29 is 0 Å². The second-order valence-corrected chi connectivity index (χ2v) is 6.26. The molecule has 0 radical (unpaired) electrons. The van der Waals surface area contributed by atoms with Crippen molar-refractivity contribution in [3.8, 4) is 0 Å². The number of aryl methyl sites for hydroxylation is 1. The number of nitrogens with zero attached hydrogens (tertiary/aromatic N) is 3. The van der Waals surface area contributed by atoms with Gasteiger partial charge < -0.3 is 10.6 Å². The van der Waals surface area contributed by atoms with Crippen LogP contribution in [0, 0.1) is 0 Å². The van der Waals surface area contributed by atoms with E-state index in [0.717, 1.165) is 24.4 Å². The molecule has 0 fully saturated rings. The molecule has 2 aromatic heterocycles. The molecule has 0 bridgehead atoms. The number of aromatic nitrogens is 3. The van der Waals surface area contributed by atoms with Crippen LogP contribution in [0.15, 0.2) is 12.4 Å². The van der Waals surface area contributed by atoms with E-state index >= 15 is 0 Å². The van der Waals surface area contributed by atoms with Crippen molar-refractivity contribution in [1.82, 2.24) is 15.0 Å². The quantitative estimate of drug-likeness (QED) is 0.801. The number of halogens is 1. The molecular formula is C14H20ClN5S. The second kappa shape index (κ2) is 7.56. The van der Waals surface area contributed by atoms with Gasteiger partial charge in [0.05, 0.1) is 12.2 Å². The van der Waals surface area contributed by atoms with Crippen LogP contribution in [-0.4, -0.2) is 21.5 Å². The Morgan fingerprint density at radius 1 is 1.29 bits per heavy atom. The van der Waals surface area contributed by atoms with Crippen LogP contribution < -0.4 is 10.6 Å². The Kier molecular flexibility index (Phi) is 5.76. The number of hydrogen-bond donors (Lipinski definition) is 2. The zero-order valence-corrected chi connectivity index (χ0v) is 14.1. The number of rotatable bonds is 7. The average molecular weight is 326 g/mol. The van der Waals surface area contributed by atoms with Gasteiger partial charge in [0.2, 0.25) is 5.95 Å². The van der Waals surface area contributed by atoms with Gasteiger partial charge in [-0.05, 0) is 19.8 Å². The van der Waals surface area contributed by atoms with E-state index in [1.165, 1.54) is 4.88 Å². The second-order valence-electron chi connectivity index (χ2n) is 4.70. The summed E-state index contributed by atoms with van der Waals surface area (Å²) >= 11 is 7.87. The summed E-state index contributed by atoms with van der Waals surface area (Å²) in [5.74, 6) is 1.22. The van der Waals surface area contributed by atoms with Gasteiger partial charge in [0.15, 0.2) is 5.82 Å². The Morgan fingerprint density at radius 2 is 2.10 bits per heavy atom. The van der Waals surface area contributed by atoms with Crippen LogP contribution in [0.4, 0.5) is 11.8 Å². The molecule has 0 spiro atoms. The molecule has 0 aliphatic carbocycles. The highest BCUT2D eigenvalue weighted by molar-refractivity contribution is 7.11. The van der Waals surface area contributed by atoms with E-state index in [4.69, 9.17) is 11.6 Å². The maximum Gasteiger partial charge on any atom is 0.224 e. The minimum absolute atomic E-state index is 0.0572. The molecule has 0 saturated carbocycles. The Morgan fingerprint density at radius 3 is 2.76 bits per heavy atom. The van der Waals surface area contributed by atoms with Crippen molar-refractivity contribution in [2.24, 2.45) is 0 Å². The van der Waals surface area contributed by atoms with E-state index in [-0.39, 0.29) is 6.04 Å². The topological polar surface area (TPSA) is 62.7 Å². The summed E-state index contributed by atoms with van der Waals surface area (Å²) in [6, 6.07) is 0.0572. The molecule has 0 aliphatic heterocycles. The third kappa shape index (κ3) is 4.28. The number of hydrogen-bond acceptors (Lipinski definition) is 6. The molecule has 5 nitrogen and oxygen atoms in total. The monoisotopic (exact) mass is 325 g/mol. The molecule has 2 rings (SSSR count). The highest BCUT2D eigenvalue weighted by Gasteiger charge is 2.13. The van der Waals surface area contributed by atoms with Gasteiger partial charge in [-0.25, -0.2) is 9.97 Å². The van der Waals surface area contributed by atoms with Crippen molar-refractivity contribution in [2.75, 3.05) is 17.2 Å². The predicted molar refractivity (Wildman–Crippen MR) is 89.4 cm³/mol. The zero-order chi connectivity index (χ0) is 15.2. The largest absolute Gasteiger partial charge is 0.360 e. The SMILES string of the molecule is CCCNc1ncc(Cl)c(NC(C)c2ncc(CC)s2)n1. The third-order valence-electron chi connectivity index (χ3n) is 2.92. The highest BCUT2D eigenvalue weighted by atomic mass is 35.5. The first-order valence-corrected chi connectivity index (χ1v) is 8.31. The van der Waals surface area contributed by atoms with Gasteiger partial charge in [-0.2, -0.15) is 4.98 Å². The zero-order valence-electron chi connectivity index (χ0n) is 12.5. The fraction of sp³-hybridized carbons (Fsp3) is 0.500. The molecule has 0 aliphatic rings. The summed E-state index contributed by atoms with van der Waals surface area (Å²) in [6.07, 6.45) is 5.56. The number of nitrogens with one attached hydrogen (secondary N) is 2. The fourth-order valence-corrected chi connectivity index (χ4v) is 2.75. The van der Waals surface area contributed by atoms with Crippen LogP contribution in [-0.2, 0) is 6.42 Å². The molecule has 2 heterocycles. The standard InChI is InChI=1S/C14H20ClN5S/c1-4-6-16-14-18-8-11(15)12(20-14)19-9(3)13-17-7-10(5-2)21-13/h7-9H,4-6H2,1-3H3,(H2,16,18,19,20). The Balaban J connectivity index is 2.10. The molecule has 21 heavy (non-hydrogen) atoms. The summed E-state index contributed by atoms with van der Waals surface area (Å²) in [4.78, 5) is 14.3. The molecule has 2 aromatic rings. The Hall–Kier alpha value is -1.40. The normalized spacial score (nSPS) is 12.2. The lowest BCUT2D eigenvalue weighted by molar-refractivity contribution is 0.857. The van der Waals surface area contributed by atoms with Crippen molar-refractivity contribution in [3.05, 3.63) is 27.3 Å². The average Bonchev–Trinajstić information content (AvgIpc) is 2.97. The van der Waals surface area contributed by atoms with E-state index in [0.29, 0.717) is 16.8 Å². The highest BCUT2D eigenvalue weighted by Crippen LogP contribution is 2.27. The molecular weight excluding hydrogens is 306 g/mol. The number of anilines is 2. The lowest BCUT2D eigenvalue weighted by atomic mass is 10.3. The van der Waals surface area contributed by atoms with E-state index in [1.54, 1.807) is 17.5 Å². The smallest absolute Gasteiger partial charge is 0.224 e. The van der Waals surface area contributed by atoms with Gasteiger partial charge >= 0.3 is 0 Å². The molecule has 114 valence electrons. The summed E-state index contributed by atoms with van der Waals surface area (Å²) in [7, 11) is 0. The van der Waals surface area contributed by atoms with E-state index < -0.39 is 0 Å². The summed E-state index contributed by atoms with van der Waals surface area (Å²) in [5.41, 5.74) is 0. The van der Waals surface area contributed by atoms with E-state index in [9.17, 15) is 0 Å². The van der Waals surface area contributed by atoms with Crippen molar-refractivity contribution in [3.63, 3.8) is 0 Å². The van der Waals surface area contributed by atoms with Gasteiger partial charge in [-0.3, -0.25) is 0 Å². The molecule has 0 amide bonds. The lowest BCUT2D eigenvalue weighted by Gasteiger charge is -2.14. The van der Waals surface area contributed by atoms with Crippen molar-refractivity contribution >= 4 is 34.7 Å². The molecule has 1 atom stereocenters. The maximum absolute atomic E-state index is 6.16. The molecule has 7 heteroatoms. The molecule has 0 aromatic carbocycles. The van der Waals surface area contributed by atoms with Crippen LogP contribution in [0.3, 0.4) is 0 Å². The predicted octanol–water partition coefficient (Wildman–Crippen LogP) is 4.14. The van der Waals surface area contributed by atoms with E-state index in [2.05, 4.69) is 46.4 Å². The van der Waals surface area contributed by atoms with Gasteiger partial charge in [-0.1, -0.05) is 25.4 Å². The molecule has 0 saturated heterocycles. The first-order chi connectivity index (χ1) is 10.1. The summed E-state index contributed by atoms with van der Waals surface area (Å²) in [5, 5.41) is 8.00. The van der Waals surface area contributed by atoms with Crippen LogP contribution in [0.1, 0.15) is 43.1 Å². The summed E-state index contributed by atoms with van der Waals surface area (Å²) in [6.45, 7) is 7.11. The van der Waals surface area contributed by atoms with Gasteiger partial charge in [0.1, 0.15) is 10.0 Å². The van der Waals surface area contributed by atoms with Crippen molar-refractivity contribution in [1.29, 1.82) is 0 Å². The minimum atomic E-state index is 0.0572. The number of thiazole rings is 1. The van der Waals surface area contributed by atoms with Crippen molar-refractivity contribution in [2.45, 2.75) is 39.7 Å². The van der Waals surface area contributed by atoms with Crippen LogP contribution in [0.5, 0.6) is 0 Å². The molecule has 1 unspecified atom stereocenters. The van der Waals surface area contributed by atoms with Crippen LogP contribution >= 0.6 is 22.9 Å². The van der Waals surface area contributed by atoms with Gasteiger partial charge in [0, 0.05) is 17.6 Å². The third-order valence-corrected chi connectivity index (χ3v) is 4.52. The Labute approximate surface area is 134 Å². The Bertz CT molecular complexity index is 586. The molecule has 2 N–H and O–H groups in total. The first-order valence-electron chi connectivity index (χ1n) is 7.11. The van der Waals surface area contributed by atoms with Crippen LogP contribution in [0.25, 0.3) is 0 Å².